The van der Waals surface area contributed by atoms with Crippen molar-refractivity contribution in [3.63, 3.8) is 0 Å². The minimum atomic E-state index is -0.149. The molecule has 2 saturated heterocycles. The number of rotatable bonds is 7. The lowest BCUT2D eigenvalue weighted by Crippen LogP contribution is -2.46. The van der Waals surface area contributed by atoms with E-state index in [1.54, 1.807) is 0 Å². The van der Waals surface area contributed by atoms with E-state index in [0.29, 0.717) is 11.8 Å². The number of benzene rings is 2. The summed E-state index contributed by atoms with van der Waals surface area (Å²) in [6.07, 6.45) is 2.12. The van der Waals surface area contributed by atoms with Crippen molar-refractivity contribution in [3.8, 4) is 0 Å². The first-order valence-electron chi connectivity index (χ1n) is 10.0. The van der Waals surface area contributed by atoms with Crippen molar-refractivity contribution in [2.24, 2.45) is 17.6 Å². The molecule has 27 heavy (non-hydrogen) atoms. The second-order valence-corrected chi connectivity index (χ2v) is 8.03. The van der Waals surface area contributed by atoms with E-state index in [4.69, 9.17) is 5.73 Å². The summed E-state index contributed by atoms with van der Waals surface area (Å²) in [6, 6.07) is 21.1. The smallest absolute Gasteiger partial charge is 0.235 e. The number of hydrogen-bond donors (Lipinski definition) is 1. The van der Waals surface area contributed by atoms with Crippen LogP contribution < -0.4 is 5.73 Å². The van der Waals surface area contributed by atoms with E-state index in [-0.39, 0.29) is 11.9 Å². The molecule has 2 N–H and O–H groups in total. The molecule has 0 bridgehead atoms. The highest BCUT2D eigenvalue weighted by Crippen LogP contribution is 2.36. The summed E-state index contributed by atoms with van der Waals surface area (Å²) in [4.78, 5) is 17.1. The Labute approximate surface area is 162 Å². The van der Waals surface area contributed by atoms with Crippen molar-refractivity contribution < 1.29 is 4.79 Å². The zero-order chi connectivity index (χ0) is 18.6. The number of nitrogens with zero attached hydrogens (tertiary/aromatic N) is 2. The zero-order valence-corrected chi connectivity index (χ0v) is 15.8. The van der Waals surface area contributed by atoms with Crippen LogP contribution in [0.1, 0.15) is 17.5 Å². The number of primary amides is 1. The van der Waals surface area contributed by atoms with Crippen LogP contribution in [0.2, 0.25) is 0 Å². The third kappa shape index (κ3) is 4.23. The van der Waals surface area contributed by atoms with Gasteiger partial charge in [-0.25, -0.2) is 0 Å². The van der Waals surface area contributed by atoms with Crippen LogP contribution in [-0.4, -0.2) is 47.9 Å². The molecule has 2 unspecified atom stereocenters. The molecule has 2 heterocycles. The van der Waals surface area contributed by atoms with E-state index in [9.17, 15) is 4.79 Å². The Bertz CT molecular complexity index is 749. The summed E-state index contributed by atoms with van der Waals surface area (Å²) in [5, 5.41) is 0. The lowest BCUT2D eigenvalue weighted by atomic mass is 9.94. The third-order valence-electron chi connectivity index (χ3n) is 6.13. The van der Waals surface area contributed by atoms with E-state index in [2.05, 4.69) is 70.5 Å². The number of hydrogen-bond acceptors (Lipinski definition) is 3. The third-order valence-corrected chi connectivity index (χ3v) is 6.13. The molecule has 2 aromatic carbocycles. The maximum atomic E-state index is 12.2. The molecular formula is C23H29N3O. The molecule has 4 nitrogen and oxygen atoms in total. The lowest BCUT2D eigenvalue weighted by Gasteiger charge is -2.27. The second-order valence-electron chi connectivity index (χ2n) is 8.03. The molecule has 4 rings (SSSR count). The van der Waals surface area contributed by atoms with Gasteiger partial charge in [0.1, 0.15) is 0 Å². The van der Waals surface area contributed by atoms with Gasteiger partial charge in [-0.15, -0.1) is 0 Å². The highest BCUT2D eigenvalue weighted by molar-refractivity contribution is 5.80. The quantitative estimate of drug-likeness (QED) is 0.822. The second kappa shape index (κ2) is 8.24. The first kappa shape index (κ1) is 18.2. The van der Waals surface area contributed by atoms with Crippen molar-refractivity contribution >= 4 is 5.91 Å². The van der Waals surface area contributed by atoms with Crippen molar-refractivity contribution in [2.45, 2.75) is 25.4 Å². The first-order valence-corrected chi connectivity index (χ1v) is 10.0. The van der Waals surface area contributed by atoms with Crippen LogP contribution in [0.4, 0.5) is 0 Å². The molecule has 2 aliphatic heterocycles. The summed E-state index contributed by atoms with van der Waals surface area (Å²) in [6.45, 7) is 4.96. The summed E-state index contributed by atoms with van der Waals surface area (Å²) >= 11 is 0. The van der Waals surface area contributed by atoms with E-state index in [0.717, 1.165) is 45.6 Å². The summed E-state index contributed by atoms with van der Waals surface area (Å²) in [5.74, 6) is 0.787. The summed E-state index contributed by atoms with van der Waals surface area (Å²) < 4.78 is 0. The van der Waals surface area contributed by atoms with E-state index >= 15 is 0 Å². The fourth-order valence-corrected chi connectivity index (χ4v) is 4.95. The van der Waals surface area contributed by atoms with Gasteiger partial charge in [-0.3, -0.25) is 14.6 Å². The summed E-state index contributed by atoms with van der Waals surface area (Å²) in [7, 11) is 0. The number of carbonyl (C=O) groups excluding carboxylic acids is 1. The van der Waals surface area contributed by atoms with Gasteiger partial charge in [0.05, 0.1) is 6.04 Å². The van der Waals surface area contributed by atoms with Crippen LogP contribution in [0.3, 0.4) is 0 Å². The number of aryl methyl sites for hydroxylation is 1. The first-order chi connectivity index (χ1) is 13.2. The molecule has 2 fully saturated rings. The van der Waals surface area contributed by atoms with Gasteiger partial charge in [0, 0.05) is 32.1 Å². The normalized spacial score (nSPS) is 25.6. The maximum Gasteiger partial charge on any atom is 0.235 e. The molecular weight excluding hydrogens is 334 g/mol. The van der Waals surface area contributed by atoms with Crippen molar-refractivity contribution in [1.29, 1.82) is 0 Å². The van der Waals surface area contributed by atoms with E-state index in [1.165, 1.54) is 11.1 Å². The van der Waals surface area contributed by atoms with Crippen molar-refractivity contribution in [1.82, 2.24) is 9.80 Å². The van der Waals surface area contributed by atoms with Crippen molar-refractivity contribution in [2.75, 3.05) is 26.2 Å². The predicted molar refractivity (Wildman–Crippen MR) is 108 cm³/mol. The Morgan fingerprint density at radius 2 is 1.59 bits per heavy atom. The van der Waals surface area contributed by atoms with Crippen LogP contribution in [-0.2, 0) is 17.8 Å². The number of likely N-dealkylation sites (tertiary alicyclic amines) is 2. The monoisotopic (exact) mass is 363 g/mol. The Kier molecular flexibility index (Phi) is 5.55. The van der Waals surface area contributed by atoms with Crippen molar-refractivity contribution in [3.05, 3.63) is 71.8 Å². The molecule has 0 radical (unpaired) electrons. The molecule has 0 aromatic heterocycles. The average Bonchev–Trinajstić information content (AvgIpc) is 3.20. The number of nitrogens with two attached hydrogens (primary N) is 1. The predicted octanol–water partition coefficient (Wildman–Crippen LogP) is 2.54. The fraction of sp³-hybridized carbons (Fsp3) is 0.435. The number of carbonyl (C=O) groups is 1. The van der Waals surface area contributed by atoms with Crippen LogP contribution >= 0.6 is 0 Å². The highest BCUT2D eigenvalue weighted by atomic mass is 16.1. The van der Waals surface area contributed by atoms with Gasteiger partial charge < -0.3 is 5.73 Å². The molecule has 0 aliphatic carbocycles. The van der Waals surface area contributed by atoms with Gasteiger partial charge in [0.2, 0.25) is 5.91 Å². The van der Waals surface area contributed by atoms with Crippen LogP contribution in [0.5, 0.6) is 0 Å². The van der Waals surface area contributed by atoms with E-state index in [1.807, 2.05) is 0 Å². The minimum absolute atomic E-state index is 0.105. The van der Waals surface area contributed by atoms with Gasteiger partial charge in [-0.05, 0) is 36.4 Å². The molecule has 4 heteroatoms. The highest BCUT2D eigenvalue weighted by Gasteiger charge is 2.48. The number of fused-ring (bicyclic) bond motifs is 1. The van der Waals surface area contributed by atoms with Gasteiger partial charge >= 0.3 is 0 Å². The molecule has 142 valence electrons. The Morgan fingerprint density at radius 1 is 0.926 bits per heavy atom. The molecule has 0 saturated carbocycles. The fourth-order valence-electron chi connectivity index (χ4n) is 4.95. The molecule has 1 amide bonds. The van der Waals surface area contributed by atoms with Crippen LogP contribution in [0, 0.1) is 11.8 Å². The zero-order valence-electron chi connectivity index (χ0n) is 15.8. The molecule has 3 atom stereocenters. The topological polar surface area (TPSA) is 49.6 Å². The average molecular weight is 364 g/mol. The lowest BCUT2D eigenvalue weighted by molar-refractivity contribution is -0.123. The van der Waals surface area contributed by atoms with Crippen LogP contribution in [0.15, 0.2) is 60.7 Å². The molecule has 0 spiro atoms. The largest absolute Gasteiger partial charge is 0.368 e. The maximum absolute atomic E-state index is 12.2. The van der Waals surface area contributed by atoms with Crippen LogP contribution in [0.25, 0.3) is 0 Å². The Balaban J connectivity index is 1.33. The summed E-state index contributed by atoms with van der Waals surface area (Å²) in [5.41, 5.74) is 8.53. The Hall–Kier alpha value is -2.17. The standard InChI is InChI=1S/C23H29N3O/c24-23(27)22-21-17-25(14-19-10-5-2-6-11-19)15-20(21)16-26(22)13-7-12-18-8-3-1-4-9-18/h1-6,8-11,20-22H,7,12-17H2,(H2,24,27)/t20?,21-,22?/m1/s1. The van der Waals surface area contributed by atoms with E-state index < -0.39 is 0 Å². The van der Waals surface area contributed by atoms with Gasteiger partial charge in [0.25, 0.3) is 0 Å². The van der Waals surface area contributed by atoms with Gasteiger partial charge in [0.15, 0.2) is 0 Å². The molecule has 2 aliphatic rings. The SMILES string of the molecule is NC(=O)C1[C@@H]2CN(Cc3ccccc3)CC2CN1CCCc1ccccc1. The minimum Gasteiger partial charge on any atom is -0.368 e. The van der Waals surface area contributed by atoms with Gasteiger partial charge in [-0.1, -0.05) is 60.7 Å². The van der Waals surface area contributed by atoms with Gasteiger partial charge in [-0.2, -0.15) is 0 Å². The Morgan fingerprint density at radius 3 is 2.26 bits per heavy atom. The molecule has 2 aromatic rings. The number of amides is 1.